The van der Waals surface area contributed by atoms with Crippen LogP contribution in [0.4, 0.5) is 0 Å². The van der Waals surface area contributed by atoms with Gasteiger partial charge in [-0.3, -0.25) is 0 Å². The molecule has 9 heteroatoms. The van der Waals surface area contributed by atoms with Crippen LogP contribution < -0.4 is 10.6 Å². The minimum Gasteiger partial charge on any atom is -0.378 e. The lowest BCUT2D eigenvalue weighted by Crippen LogP contribution is -2.39. The number of guanidine groups is 1. The average molecular weight is 419 g/mol. The maximum atomic E-state index is 12.2. The summed E-state index contributed by atoms with van der Waals surface area (Å²) in [5.74, 6) is 1.19. The SMILES string of the molecule is CCNC(=NCc1ccc(S(=O)(=O)N(C)C)s1)NCCC(OCC)C(C)C. The summed E-state index contributed by atoms with van der Waals surface area (Å²) in [6.07, 6.45) is 1.13. The molecule has 7 nitrogen and oxygen atoms in total. The summed E-state index contributed by atoms with van der Waals surface area (Å²) in [6.45, 7) is 11.0. The number of nitrogens with zero attached hydrogens (tertiary/aromatic N) is 2. The van der Waals surface area contributed by atoms with E-state index >= 15 is 0 Å². The van der Waals surface area contributed by atoms with E-state index < -0.39 is 10.0 Å². The van der Waals surface area contributed by atoms with Gasteiger partial charge in [0.15, 0.2) is 5.96 Å². The lowest BCUT2D eigenvalue weighted by molar-refractivity contribution is 0.0258. The Balaban J connectivity index is 2.68. The van der Waals surface area contributed by atoms with E-state index in [2.05, 4.69) is 29.5 Å². The van der Waals surface area contributed by atoms with E-state index in [0.29, 0.717) is 23.3 Å². The smallest absolute Gasteiger partial charge is 0.252 e. The number of nitrogens with one attached hydrogen (secondary N) is 2. The number of sulfonamides is 1. The van der Waals surface area contributed by atoms with E-state index in [0.717, 1.165) is 30.3 Å². The molecule has 0 radical (unpaired) electrons. The van der Waals surface area contributed by atoms with Crippen molar-refractivity contribution in [2.75, 3.05) is 33.8 Å². The highest BCUT2D eigenvalue weighted by Crippen LogP contribution is 2.24. The van der Waals surface area contributed by atoms with Gasteiger partial charge < -0.3 is 15.4 Å². The van der Waals surface area contributed by atoms with E-state index in [4.69, 9.17) is 4.74 Å². The van der Waals surface area contributed by atoms with Gasteiger partial charge in [-0.1, -0.05) is 13.8 Å². The molecule has 0 fully saturated rings. The third-order valence-electron chi connectivity index (χ3n) is 3.95. The van der Waals surface area contributed by atoms with Crippen LogP contribution >= 0.6 is 11.3 Å². The summed E-state index contributed by atoms with van der Waals surface area (Å²) in [4.78, 5) is 5.47. The van der Waals surface area contributed by atoms with Crippen molar-refractivity contribution >= 4 is 27.3 Å². The molecular weight excluding hydrogens is 384 g/mol. The average Bonchev–Trinajstić information content (AvgIpc) is 3.08. The fraction of sp³-hybridized carbons (Fsp3) is 0.722. The number of rotatable bonds is 11. The van der Waals surface area contributed by atoms with Crippen molar-refractivity contribution < 1.29 is 13.2 Å². The van der Waals surface area contributed by atoms with E-state index in [1.807, 2.05) is 19.9 Å². The van der Waals surface area contributed by atoms with Crippen molar-refractivity contribution in [2.24, 2.45) is 10.9 Å². The monoisotopic (exact) mass is 418 g/mol. The number of ether oxygens (including phenoxy) is 1. The van der Waals surface area contributed by atoms with Gasteiger partial charge in [0.1, 0.15) is 4.21 Å². The highest BCUT2D eigenvalue weighted by molar-refractivity contribution is 7.91. The molecule has 0 aromatic carbocycles. The molecule has 1 atom stereocenters. The van der Waals surface area contributed by atoms with Crippen molar-refractivity contribution in [3.8, 4) is 0 Å². The zero-order valence-corrected chi connectivity index (χ0v) is 18.9. The standard InChI is InChI=1S/C18H34N4O3S2/c1-7-19-18(20-12-11-16(14(3)4)25-8-2)21-13-15-9-10-17(26-15)27(23,24)22(5)6/h9-10,14,16H,7-8,11-13H2,1-6H3,(H2,19,20,21). The summed E-state index contributed by atoms with van der Waals surface area (Å²) in [6, 6.07) is 3.46. The maximum absolute atomic E-state index is 12.2. The summed E-state index contributed by atoms with van der Waals surface area (Å²) >= 11 is 1.26. The van der Waals surface area contributed by atoms with Crippen LogP contribution in [0.25, 0.3) is 0 Å². The van der Waals surface area contributed by atoms with E-state index in [1.54, 1.807) is 6.07 Å². The Kier molecular flexibility index (Phi) is 10.3. The summed E-state index contributed by atoms with van der Waals surface area (Å²) in [7, 11) is -0.315. The molecule has 0 aliphatic heterocycles. The normalized spacial score (nSPS) is 14.0. The fourth-order valence-electron chi connectivity index (χ4n) is 2.42. The highest BCUT2D eigenvalue weighted by Gasteiger charge is 2.19. The second-order valence-corrected chi connectivity index (χ2v) is 10.2. The Morgan fingerprint density at radius 1 is 1.26 bits per heavy atom. The topological polar surface area (TPSA) is 83.0 Å². The molecule has 1 heterocycles. The molecule has 0 aliphatic rings. The number of hydrogen-bond donors (Lipinski definition) is 2. The first-order chi connectivity index (χ1) is 12.7. The summed E-state index contributed by atoms with van der Waals surface area (Å²) < 4.78 is 31.7. The van der Waals surface area contributed by atoms with Gasteiger partial charge in [0.25, 0.3) is 10.0 Å². The zero-order valence-electron chi connectivity index (χ0n) is 17.3. The lowest BCUT2D eigenvalue weighted by Gasteiger charge is -2.21. The molecule has 1 aromatic rings. The van der Waals surface area contributed by atoms with Gasteiger partial charge in [0.2, 0.25) is 0 Å². The van der Waals surface area contributed by atoms with Crippen molar-refractivity contribution in [3.05, 3.63) is 17.0 Å². The third-order valence-corrected chi connectivity index (χ3v) is 7.31. The Bertz CT molecular complexity index is 685. The molecule has 1 unspecified atom stereocenters. The van der Waals surface area contributed by atoms with Crippen LogP contribution in [0.15, 0.2) is 21.3 Å². The lowest BCUT2D eigenvalue weighted by atomic mass is 10.0. The van der Waals surface area contributed by atoms with Gasteiger partial charge in [0.05, 0.1) is 12.6 Å². The molecule has 0 spiro atoms. The van der Waals surface area contributed by atoms with Crippen LogP contribution in [0, 0.1) is 5.92 Å². The Hall–Kier alpha value is -1.16. The Morgan fingerprint density at radius 3 is 2.52 bits per heavy atom. The number of hydrogen-bond acceptors (Lipinski definition) is 5. The van der Waals surface area contributed by atoms with Crippen LogP contribution in [-0.4, -0.2) is 58.6 Å². The molecule has 156 valence electrons. The molecule has 2 N–H and O–H groups in total. The molecule has 27 heavy (non-hydrogen) atoms. The van der Waals surface area contributed by atoms with E-state index in [-0.39, 0.29) is 6.10 Å². The van der Waals surface area contributed by atoms with Gasteiger partial charge in [-0.2, -0.15) is 0 Å². The largest absolute Gasteiger partial charge is 0.378 e. The zero-order chi connectivity index (χ0) is 20.4. The first kappa shape index (κ1) is 23.9. The predicted octanol–water partition coefficient (Wildman–Crippen LogP) is 2.50. The molecular formula is C18H34N4O3S2. The quantitative estimate of drug-likeness (QED) is 0.426. The van der Waals surface area contributed by atoms with Crippen molar-refractivity contribution in [2.45, 2.75) is 51.0 Å². The van der Waals surface area contributed by atoms with Crippen molar-refractivity contribution in [3.63, 3.8) is 0 Å². The molecule has 1 aromatic heterocycles. The van der Waals surface area contributed by atoms with Gasteiger partial charge >= 0.3 is 0 Å². The minimum atomic E-state index is -3.38. The molecule has 0 aliphatic carbocycles. The molecule has 1 rings (SSSR count). The Morgan fingerprint density at radius 2 is 1.96 bits per heavy atom. The first-order valence-corrected chi connectivity index (χ1v) is 11.6. The third kappa shape index (κ3) is 7.77. The molecule has 0 saturated heterocycles. The second kappa shape index (κ2) is 11.6. The molecule has 0 bridgehead atoms. The maximum Gasteiger partial charge on any atom is 0.252 e. The van der Waals surface area contributed by atoms with E-state index in [1.165, 1.54) is 29.7 Å². The van der Waals surface area contributed by atoms with Gasteiger partial charge in [-0.05, 0) is 38.3 Å². The fourth-order valence-corrected chi connectivity index (χ4v) is 4.87. The minimum absolute atomic E-state index is 0.224. The van der Waals surface area contributed by atoms with Gasteiger partial charge in [-0.25, -0.2) is 17.7 Å². The van der Waals surface area contributed by atoms with Crippen molar-refractivity contribution in [1.29, 1.82) is 0 Å². The summed E-state index contributed by atoms with van der Waals surface area (Å²) in [5.41, 5.74) is 0. The van der Waals surface area contributed by atoms with Crippen LogP contribution in [-0.2, 0) is 21.3 Å². The van der Waals surface area contributed by atoms with Crippen LogP contribution in [0.2, 0.25) is 0 Å². The molecule has 0 amide bonds. The Labute approximate surface area is 168 Å². The number of aliphatic imine (C=N–C) groups is 1. The van der Waals surface area contributed by atoms with Crippen LogP contribution in [0.5, 0.6) is 0 Å². The second-order valence-electron chi connectivity index (χ2n) is 6.66. The highest BCUT2D eigenvalue weighted by atomic mass is 32.2. The predicted molar refractivity (Wildman–Crippen MR) is 113 cm³/mol. The number of thiophene rings is 1. The van der Waals surface area contributed by atoms with Gasteiger partial charge in [-0.15, -0.1) is 11.3 Å². The van der Waals surface area contributed by atoms with Crippen molar-refractivity contribution in [1.82, 2.24) is 14.9 Å². The van der Waals surface area contributed by atoms with Crippen LogP contribution in [0.1, 0.15) is 39.0 Å². The van der Waals surface area contributed by atoms with E-state index in [9.17, 15) is 8.42 Å². The molecule has 0 saturated carbocycles. The van der Waals surface area contributed by atoms with Gasteiger partial charge in [0, 0.05) is 38.7 Å². The van der Waals surface area contributed by atoms with Crippen LogP contribution in [0.3, 0.4) is 0 Å². The first-order valence-electron chi connectivity index (χ1n) is 9.37. The summed E-state index contributed by atoms with van der Waals surface area (Å²) in [5, 5.41) is 6.55.